The predicted molar refractivity (Wildman–Crippen MR) is 112 cm³/mol. The maximum absolute atomic E-state index is 12.9. The molecule has 150 valence electrons. The summed E-state index contributed by atoms with van der Waals surface area (Å²) in [7, 11) is 1.54. The lowest BCUT2D eigenvalue weighted by Crippen LogP contribution is -2.23. The van der Waals surface area contributed by atoms with Gasteiger partial charge in [0.15, 0.2) is 5.76 Å². The van der Waals surface area contributed by atoms with Gasteiger partial charge in [-0.2, -0.15) is 5.10 Å². The van der Waals surface area contributed by atoms with Crippen molar-refractivity contribution in [2.24, 2.45) is 0 Å². The number of amides is 1. The first-order valence-corrected chi connectivity index (χ1v) is 9.51. The van der Waals surface area contributed by atoms with E-state index in [0.29, 0.717) is 39.4 Å². The number of fused-ring (bicyclic) bond motifs is 2. The van der Waals surface area contributed by atoms with Gasteiger partial charge in [0.05, 0.1) is 30.1 Å². The van der Waals surface area contributed by atoms with Crippen LogP contribution in [0.1, 0.15) is 21.9 Å². The average Bonchev–Trinajstić information content (AvgIpc) is 3.48. The minimum Gasteiger partial charge on any atom is -0.495 e. The first-order chi connectivity index (χ1) is 14.6. The molecular weight excluding hydrogens is 382 g/mol. The van der Waals surface area contributed by atoms with Crippen LogP contribution >= 0.6 is 0 Å². The van der Waals surface area contributed by atoms with E-state index in [1.54, 1.807) is 12.1 Å². The summed E-state index contributed by atoms with van der Waals surface area (Å²) in [5.74, 6) is 2.28. The molecule has 0 aliphatic rings. The van der Waals surface area contributed by atoms with Crippen LogP contribution in [0.2, 0.25) is 0 Å². The number of furan rings is 2. The van der Waals surface area contributed by atoms with E-state index in [0.717, 1.165) is 16.7 Å². The summed E-state index contributed by atoms with van der Waals surface area (Å²) in [6.45, 7) is 2.15. The molecule has 30 heavy (non-hydrogen) atoms. The highest BCUT2D eigenvalue weighted by atomic mass is 16.5. The zero-order valence-corrected chi connectivity index (χ0v) is 16.5. The predicted octanol–water partition coefficient (Wildman–Crippen LogP) is 4.82. The lowest BCUT2D eigenvalue weighted by Gasteiger charge is -2.10. The van der Waals surface area contributed by atoms with Gasteiger partial charge >= 0.3 is 0 Å². The topological polar surface area (TPSA) is 93.3 Å². The van der Waals surface area contributed by atoms with Gasteiger partial charge in [-0.3, -0.25) is 9.89 Å². The summed E-state index contributed by atoms with van der Waals surface area (Å²) in [6, 6.07) is 16.9. The molecule has 0 spiro atoms. The van der Waals surface area contributed by atoms with Gasteiger partial charge in [-0.05, 0) is 43.3 Å². The van der Waals surface area contributed by atoms with E-state index < -0.39 is 0 Å². The molecule has 0 atom stereocenters. The maximum Gasteiger partial charge on any atom is 0.255 e. The minimum absolute atomic E-state index is 0.264. The van der Waals surface area contributed by atoms with Gasteiger partial charge < -0.3 is 18.9 Å². The molecule has 5 aromatic rings. The van der Waals surface area contributed by atoms with Crippen LogP contribution in [0.15, 0.2) is 63.4 Å². The number of nitrogens with one attached hydrogen (secondary N) is 2. The van der Waals surface area contributed by atoms with Crippen molar-refractivity contribution in [3.63, 3.8) is 0 Å². The van der Waals surface area contributed by atoms with E-state index in [4.69, 9.17) is 13.6 Å². The first kappa shape index (κ1) is 18.1. The zero-order valence-electron chi connectivity index (χ0n) is 16.5. The maximum atomic E-state index is 12.9. The van der Waals surface area contributed by atoms with E-state index >= 15 is 0 Å². The van der Waals surface area contributed by atoms with Crippen molar-refractivity contribution >= 4 is 27.8 Å². The summed E-state index contributed by atoms with van der Waals surface area (Å²) < 4.78 is 17.1. The van der Waals surface area contributed by atoms with Crippen LogP contribution in [0.25, 0.3) is 33.3 Å². The normalized spacial score (nSPS) is 11.3. The van der Waals surface area contributed by atoms with Crippen LogP contribution in [-0.2, 0) is 6.54 Å². The van der Waals surface area contributed by atoms with Gasteiger partial charge in [0.25, 0.3) is 5.91 Å². The quantitative estimate of drug-likeness (QED) is 0.441. The Balaban J connectivity index is 1.55. The third-order valence-electron chi connectivity index (χ3n) is 5.01. The van der Waals surface area contributed by atoms with E-state index in [2.05, 4.69) is 15.5 Å². The summed E-state index contributed by atoms with van der Waals surface area (Å²) >= 11 is 0. The number of methoxy groups -OCH3 is 1. The zero-order chi connectivity index (χ0) is 20.7. The number of rotatable bonds is 5. The molecule has 2 aromatic carbocycles. The van der Waals surface area contributed by atoms with E-state index in [-0.39, 0.29) is 12.5 Å². The fraction of sp³-hybridized carbons (Fsp3) is 0.130. The molecular formula is C23H19N3O4. The molecule has 0 unspecified atom stereocenters. The molecule has 0 saturated heterocycles. The first-order valence-electron chi connectivity index (χ1n) is 9.51. The Hall–Kier alpha value is -4.00. The Kier molecular flexibility index (Phi) is 4.28. The second-order valence-electron chi connectivity index (χ2n) is 6.98. The summed E-state index contributed by atoms with van der Waals surface area (Å²) in [6.07, 6.45) is 0. The van der Waals surface area contributed by atoms with Crippen molar-refractivity contribution < 1.29 is 18.4 Å². The van der Waals surface area contributed by atoms with E-state index in [9.17, 15) is 4.79 Å². The highest BCUT2D eigenvalue weighted by Gasteiger charge is 2.22. The van der Waals surface area contributed by atoms with Crippen LogP contribution < -0.4 is 10.1 Å². The fourth-order valence-electron chi connectivity index (χ4n) is 3.60. The molecule has 2 N–H and O–H groups in total. The Morgan fingerprint density at radius 1 is 1.13 bits per heavy atom. The van der Waals surface area contributed by atoms with E-state index in [1.165, 1.54) is 7.11 Å². The van der Waals surface area contributed by atoms with Crippen molar-refractivity contribution in [3.8, 4) is 17.2 Å². The minimum atomic E-state index is -0.264. The Labute approximate surface area is 171 Å². The SMILES string of the molecule is COc1c(C(=O)NCc2ccc(C)o2)ccc2n[nH]c(-c3cc4ccccc4o3)c12. The highest BCUT2D eigenvalue weighted by molar-refractivity contribution is 6.07. The number of nitrogens with zero attached hydrogens (tertiary/aromatic N) is 1. The molecule has 0 fully saturated rings. The van der Waals surface area contributed by atoms with E-state index in [1.807, 2.05) is 49.4 Å². The van der Waals surface area contributed by atoms with Gasteiger partial charge in [0.1, 0.15) is 28.5 Å². The molecule has 0 radical (unpaired) electrons. The molecule has 5 rings (SSSR count). The largest absolute Gasteiger partial charge is 0.495 e. The van der Waals surface area contributed by atoms with Gasteiger partial charge in [0.2, 0.25) is 0 Å². The number of hydrogen-bond acceptors (Lipinski definition) is 5. The van der Waals surface area contributed by atoms with Crippen molar-refractivity contribution in [1.82, 2.24) is 15.5 Å². The molecule has 3 aromatic heterocycles. The third-order valence-corrected chi connectivity index (χ3v) is 5.01. The Morgan fingerprint density at radius 3 is 2.77 bits per heavy atom. The van der Waals surface area contributed by atoms with Gasteiger partial charge in [-0.25, -0.2) is 0 Å². The number of hydrogen-bond donors (Lipinski definition) is 2. The Morgan fingerprint density at radius 2 is 2.00 bits per heavy atom. The number of aryl methyl sites for hydroxylation is 1. The molecule has 0 aliphatic heterocycles. The molecule has 0 saturated carbocycles. The molecule has 7 nitrogen and oxygen atoms in total. The number of carbonyl (C=O) groups is 1. The molecule has 0 aliphatic carbocycles. The number of para-hydroxylation sites is 1. The monoisotopic (exact) mass is 401 g/mol. The van der Waals surface area contributed by atoms with Crippen molar-refractivity contribution in [3.05, 3.63) is 71.7 Å². The summed E-state index contributed by atoms with van der Waals surface area (Å²) in [5.41, 5.74) is 2.53. The summed E-state index contributed by atoms with van der Waals surface area (Å²) in [4.78, 5) is 12.9. The number of aromatic nitrogens is 2. The highest BCUT2D eigenvalue weighted by Crippen LogP contribution is 2.38. The van der Waals surface area contributed by atoms with Crippen LogP contribution in [0.4, 0.5) is 0 Å². The van der Waals surface area contributed by atoms with Gasteiger partial charge in [-0.1, -0.05) is 18.2 Å². The van der Waals surface area contributed by atoms with Gasteiger partial charge in [0, 0.05) is 5.39 Å². The lowest BCUT2D eigenvalue weighted by atomic mass is 10.1. The summed E-state index contributed by atoms with van der Waals surface area (Å²) in [5, 5.41) is 11.9. The van der Waals surface area contributed by atoms with Crippen molar-refractivity contribution in [1.29, 1.82) is 0 Å². The number of carbonyl (C=O) groups excluding carboxylic acids is 1. The van der Waals surface area contributed by atoms with Crippen LogP contribution in [-0.4, -0.2) is 23.2 Å². The molecule has 1 amide bonds. The second-order valence-corrected chi connectivity index (χ2v) is 6.98. The smallest absolute Gasteiger partial charge is 0.255 e. The number of aromatic amines is 1. The van der Waals surface area contributed by atoms with Crippen molar-refractivity contribution in [2.75, 3.05) is 7.11 Å². The number of benzene rings is 2. The second kappa shape index (κ2) is 7.11. The third kappa shape index (κ3) is 3.00. The lowest BCUT2D eigenvalue weighted by molar-refractivity contribution is 0.0945. The van der Waals surface area contributed by atoms with Crippen LogP contribution in [0.5, 0.6) is 5.75 Å². The standard InChI is InChI=1S/C23H19N3O4/c1-13-7-8-15(29-13)12-24-23(27)16-9-10-17-20(22(16)28-2)21(26-25-17)19-11-14-5-3-4-6-18(14)30-19/h3-11H,12H2,1-2H3,(H,24,27)(H,25,26). The van der Waals surface area contributed by atoms with Gasteiger partial charge in [-0.15, -0.1) is 0 Å². The molecule has 0 bridgehead atoms. The number of ether oxygens (including phenoxy) is 1. The van der Waals surface area contributed by atoms with Crippen molar-refractivity contribution in [2.45, 2.75) is 13.5 Å². The molecule has 3 heterocycles. The average molecular weight is 401 g/mol. The Bertz CT molecular complexity index is 1340. The fourth-order valence-corrected chi connectivity index (χ4v) is 3.60. The number of H-pyrrole nitrogens is 1. The van der Waals surface area contributed by atoms with Crippen LogP contribution in [0, 0.1) is 6.92 Å². The molecule has 7 heteroatoms. The van der Waals surface area contributed by atoms with Crippen LogP contribution in [0.3, 0.4) is 0 Å².